The maximum absolute atomic E-state index is 15.2. The second-order valence-corrected chi connectivity index (χ2v) is 11.0. The van der Waals surface area contributed by atoms with Crippen molar-refractivity contribution in [2.75, 3.05) is 38.7 Å². The fourth-order valence-electron chi connectivity index (χ4n) is 5.23. The summed E-state index contributed by atoms with van der Waals surface area (Å²) in [5.41, 5.74) is 1.34. The number of nitrogens with zero attached hydrogens (tertiary/aromatic N) is 4. The number of anilines is 1. The lowest BCUT2D eigenvalue weighted by atomic mass is 10.1. The second-order valence-electron chi connectivity index (χ2n) is 11.0. The highest BCUT2D eigenvalue weighted by atomic mass is 19.1. The molecule has 0 bridgehead atoms. The zero-order valence-corrected chi connectivity index (χ0v) is 25.5. The number of hydrogen-bond acceptors (Lipinski definition) is 9. The summed E-state index contributed by atoms with van der Waals surface area (Å²) in [5.74, 6) is -0.751. The van der Waals surface area contributed by atoms with Crippen molar-refractivity contribution in [2.24, 2.45) is 0 Å². The Bertz CT molecular complexity index is 1830. The van der Waals surface area contributed by atoms with Crippen LogP contribution >= 0.6 is 0 Å². The summed E-state index contributed by atoms with van der Waals surface area (Å²) in [5, 5.41) is 11.2. The molecule has 12 heteroatoms. The molecule has 1 saturated heterocycles. The number of carbonyl (C=O) groups is 1. The summed E-state index contributed by atoms with van der Waals surface area (Å²) < 4.78 is 51.6. The zero-order valence-electron chi connectivity index (χ0n) is 25.5. The van der Waals surface area contributed by atoms with Gasteiger partial charge in [-0.3, -0.25) is 9.78 Å². The molecule has 2 aromatic heterocycles. The first kappa shape index (κ1) is 30.9. The monoisotopic (exact) mass is 629 g/mol. The van der Waals surface area contributed by atoms with E-state index in [9.17, 15) is 9.18 Å². The van der Waals surface area contributed by atoms with Crippen molar-refractivity contribution >= 4 is 22.5 Å². The molecule has 1 N–H and O–H groups in total. The van der Waals surface area contributed by atoms with Crippen LogP contribution in [0.3, 0.4) is 0 Å². The number of aromatic nitrogens is 3. The number of methoxy groups -OCH3 is 1. The van der Waals surface area contributed by atoms with Crippen LogP contribution in [0, 0.1) is 11.6 Å². The molecule has 0 radical (unpaired) electrons. The summed E-state index contributed by atoms with van der Waals surface area (Å²) in [4.78, 5) is 19.8. The summed E-state index contributed by atoms with van der Waals surface area (Å²) in [6.07, 6.45) is 4.99. The van der Waals surface area contributed by atoms with Crippen molar-refractivity contribution in [1.82, 2.24) is 20.1 Å². The SMILES string of the molecule is COc1cc2c(Oc3ccc(NC(=O)C(C)c4nnc(-c5ccc(F)cc5)o4)cc3F)ccnc2cc1OCCCN1CCCC1. The first-order valence-corrected chi connectivity index (χ1v) is 15.1. The largest absolute Gasteiger partial charge is 0.493 e. The third-order valence-corrected chi connectivity index (χ3v) is 7.78. The summed E-state index contributed by atoms with van der Waals surface area (Å²) in [6, 6.07) is 14.9. The number of carbonyl (C=O) groups excluding carboxylic acids is 1. The Hall–Kier alpha value is -5.10. The molecule has 6 rings (SSSR count). The number of hydrogen-bond donors (Lipinski definition) is 1. The van der Waals surface area contributed by atoms with E-state index in [0.29, 0.717) is 40.3 Å². The second kappa shape index (κ2) is 13.9. The van der Waals surface area contributed by atoms with Crippen LogP contribution in [-0.2, 0) is 4.79 Å². The highest BCUT2D eigenvalue weighted by Gasteiger charge is 2.23. The van der Waals surface area contributed by atoms with E-state index in [1.165, 1.54) is 49.2 Å². The van der Waals surface area contributed by atoms with E-state index >= 15 is 4.39 Å². The number of nitrogens with one attached hydrogen (secondary N) is 1. The van der Waals surface area contributed by atoms with Crippen LogP contribution in [0.1, 0.15) is 38.0 Å². The predicted octanol–water partition coefficient (Wildman–Crippen LogP) is 6.97. The highest BCUT2D eigenvalue weighted by molar-refractivity contribution is 5.95. The van der Waals surface area contributed by atoms with Gasteiger partial charge in [0.25, 0.3) is 0 Å². The van der Waals surface area contributed by atoms with Gasteiger partial charge in [0.1, 0.15) is 17.5 Å². The van der Waals surface area contributed by atoms with Crippen LogP contribution in [0.15, 0.2) is 71.3 Å². The van der Waals surface area contributed by atoms with E-state index in [-0.39, 0.29) is 23.2 Å². The van der Waals surface area contributed by atoms with Crippen LogP contribution in [0.4, 0.5) is 14.5 Å². The van der Waals surface area contributed by atoms with Crippen molar-refractivity contribution in [1.29, 1.82) is 0 Å². The van der Waals surface area contributed by atoms with Gasteiger partial charge in [-0.1, -0.05) is 0 Å². The summed E-state index contributed by atoms with van der Waals surface area (Å²) >= 11 is 0. The van der Waals surface area contributed by atoms with Gasteiger partial charge in [0, 0.05) is 41.5 Å². The molecule has 0 saturated carbocycles. The van der Waals surface area contributed by atoms with Crippen molar-refractivity contribution in [2.45, 2.75) is 32.1 Å². The van der Waals surface area contributed by atoms with Crippen molar-refractivity contribution in [3.05, 3.63) is 84.4 Å². The molecule has 3 heterocycles. The molecule has 3 aromatic carbocycles. The van der Waals surface area contributed by atoms with E-state index in [1.54, 1.807) is 38.4 Å². The van der Waals surface area contributed by atoms with Crippen LogP contribution < -0.4 is 19.5 Å². The van der Waals surface area contributed by atoms with Crippen molar-refractivity contribution < 1.29 is 32.2 Å². The van der Waals surface area contributed by atoms with Gasteiger partial charge in [-0.05, 0) is 87.8 Å². The van der Waals surface area contributed by atoms with Gasteiger partial charge in [-0.25, -0.2) is 8.78 Å². The normalized spacial score (nSPS) is 13.9. The standard InChI is InChI=1S/C34H33F2N5O5/c1-21(33-39-40-34(46-33)22-6-8-23(35)9-7-22)32(42)38-24-10-11-29(26(36)18-24)45-28-12-13-37-27-20-31(30(43-2)19-25(27)28)44-17-5-16-41-14-3-4-15-41/h6-13,18-21H,3-5,14-17H2,1-2H3,(H,38,42). The third-order valence-electron chi connectivity index (χ3n) is 7.78. The van der Waals surface area contributed by atoms with E-state index in [2.05, 4.69) is 25.4 Å². The lowest BCUT2D eigenvalue weighted by Gasteiger charge is -2.16. The minimum Gasteiger partial charge on any atom is -0.493 e. The number of fused-ring (bicyclic) bond motifs is 1. The number of halogens is 2. The fourth-order valence-corrected chi connectivity index (χ4v) is 5.23. The van der Waals surface area contributed by atoms with Gasteiger partial charge in [-0.2, -0.15) is 0 Å². The van der Waals surface area contributed by atoms with Gasteiger partial charge < -0.3 is 28.8 Å². The van der Waals surface area contributed by atoms with Crippen LogP contribution in [-0.4, -0.2) is 59.3 Å². The van der Waals surface area contributed by atoms with Gasteiger partial charge in [0.2, 0.25) is 17.7 Å². The third kappa shape index (κ3) is 7.07. The number of pyridine rings is 1. The quantitative estimate of drug-likeness (QED) is 0.146. The van der Waals surface area contributed by atoms with Crippen LogP contribution in [0.2, 0.25) is 0 Å². The smallest absolute Gasteiger partial charge is 0.247 e. The minimum absolute atomic E-state index is 0.0411. The molecule has 1 amide bonds. The average molecular weight is 630 g/mol. The predicted molar refractivity (Wildman–Crippen MR) is 167 cm³/mol. The number of amides is 1. The Labute approximate surface area is 264 Å². The lowest BCUT2D eigenvalue weighted by Crippen LogP contribution is -2.21. The minimum atomic E-state index is -0.835. The van der Waals surface area contributed by atoms with Crippen molar-refractivity contribution in [3.8, 4) is 34.5 Å². The molecule has 238 valence electrons. The number of rotatable bonds is 12. The van der Waals surface area contributed by atoms with Crippen LogP contribution in [0.25, 0.3) is 22.4 Å². The molecule has 46 heavy (non-hydrogen) atoms. The Balaban J connectivity index is 1.11. The summed E-state index contributed by atoms with van der Waals surface area (Å²) in [6.45, 7) is 5.42. The topological polar surface area (TPSA) is 112 Å². The first-order chi connectivity index (χ1) is 22.4. The maximum Gasteiger partial charge on any atom is 0.247 e. The molecule has 1 fully saturated rings. The Morgan fingerprint density at radius 2 is 1.78 bits per heavy atom. The Morgan fingerprint density at radius 1 is 0.978 bits per heavy atom. The van der Waals surface area contributed by atoms with Gasteiger partial charge in [0.05, 0.1) is 19.2 Å². The van der Waals surface area contributed by atoms with Crippen molar-refractivity contribution in [3.63, 3.8) is 0 Å². The molecule has 10 nitrogen and oxygen atoms in total. The first-order valence-electron chi connectivity index (χ1n) is 15.1. The fraction of sp³-hybridized carbons (Fsp3) is 0.294. The number of benzene rings is 3. The molecule has 5 aromatic rings. The van der Waals surface area contributed by atoms with E-state index < -0.39 is 23.5 Å². The molecule has 0 spiro atoms. The zero-order chi connectivity index (χ0) is 32.0. The molecule has 1 aliphatic heterocycles. The lowest BCUT2D eigenvalue weighted by molar-refractivity contribution is -0.117. The Kier molecular flexibility index (Phi) is 9.34. The maximum atomic E-state index is 15.2. The van der Waals surface area contributed by atoms with Gasteiger partial charge in [0.15, 0.2) is 23.1 Å². The highest BCUT2D eigenvalue weighted by Crippen LogP contribution is 2.38. The Morgan fingerprint density at radius 3 is 2.54 bits per heavy atom. The van der Waals surface area contributed by atoms with E-state index in [1.807, 2.05) is 0 Å². The number of ether oxygens (including phenoxy) is 3. The van der Waals surface area contributed by atoms with Gasteiger partial charge >= 0.3 is 0 Å². The molecule has 1 unspecified atom stereocenters. The van der Waals surface area contributed by atoms with Gasteiger partial charge in [-0.15, -0.1) is 10.2 Å². The molecule has 0 aliphatic carbocycles. The van der Waals surface area contributed by atoms with E-state index in [4.69, 9.17) is 18.6 Å². The average Bonchev–Trinajstić information content (AvgIpc) is 3.77. The molecule has 1 atom stereocenters. The molecular formula is C34H33F2N5O5. The molecule has 1 aliphatic rings. The van der Waals surface area contributed by atoms with Crippen LogP contribution in [0.5, 0.6) is 23.0 Å². The molecular weight excluding hydrogens is 596 g/mol. The number of likely N-dealkylation sites (tertiary alicyclic amines) is 1. The summed E-state index contributed by atoms with van der Waals surface area (Å²) in [7, 11) is 1.56. The van der Waals surface area contributed by atoms with E-state index in [0.717, 1.165) is 32.1 Å².